The number of aryl methyl sites for hydroxylation is 2. The normalized spacial score (nSPS) is 9.98. The summed E-state index contributed by atoms with van der Waals surface area (Å²) in [6.07, 6.45) is 3.67. The number of halogens is 2. The maximum atomic E-state index is 4.41. The van der Waals surface area contributed by atoms with E-state index in [1.807, 2.05) is 36.7 Å². The molecule has 214 valence electrons. The first-order chi connectivity index (χ1) is 20.0. The van der Waals surface area contributed by atoms with Crippen molar-refractivity contribution in [2.75, 3.05) is 0 Å². The molecule has 0 aliphatic rings. The van der Waals surface area contributed by atoms with Crippen molar-refractivity contribution in [2.24, 2.45) is 0 Å². The van der Waals surface area contributed by atoms with E-state index >= 15 is 0 Å². The summed E-state index contributed by atoms with van der Waals surface area (Å²) in [4.78, 5) is 8.82. The van der Waals surface area contributed by atoms with Crippen molar-refractivity contribution in [3.63, 3.8) is 0 Å². The van der Waals surface area contributed by atoms with Crippen LogP contribution in [0.5, 0.6) is 0 Å². The monoisotopic (exact) mass is 692 g/mol. The Morgan fingerprint density at radius 3 is 1.37 bits per heavy atom. The van der Waals surface area contributed by atoms with Crippen LogP contribution in [-0.4, -0.2) is 15.4 Å². The van der Waals surface area contributed by atoms with Gasteiger partial charge in [-0.25, -0.2) is 0 Å². The number of aromatic nitrogens is 2. The first kappa shape index (κ1) is 34.4. The minimum absolute atomic E-state index is 0. The van der Waals surface area contributed by atoms with Crippen molar-refractivity contribution in [2.45, 2.75) is 20.4 Å². The van der Waals surface area contributed by atoms with Crippen LogP contribution in [0.4, 0.5) is 0 Å². The summed E-state index contributed by atoms with van der Waals surface area (Å²) in [6, 6.07) is 44.4. The largest absolute Gasteiger partial charge is 1.00 e. The Morgan fingerprint density at radius 2 is 1.00 bits per heavy atom. The summed E-state index contributed by atoms with van der Waals surface area (Å²) >= 11 is 1.69. The average molecular weight is 695 g/mol. The molecule has 2 aromatic heterocycles. The van der Waals surface area contributed by atoms with Crippen LogP contribution in [0.3, 0.4) is 0 Å². The van der Waals surface area contributed by atoms with E-state index in [1.165, 1.54) is 43.8 Å². The fourth-order valence-electron chi connectivity index (χ4n) is 4.95. The SMILES string of the molecule is C[Si](=[Zr+2])c1ccccc1.Cc1cc2c(-c3ccccn3)cccc2[cH-]1.Cc1cc2c(-c3ccccn3)cccc2[cH-]1.[Cl-].[Cl-]. The number of rotatable bonds is 3. The predicted molar refractivity (Wildman–Crippen MR) is 173 cm³/mol. The van der Waals surface area contributed by atoms with E-state index in [4.69, 9.17) is 0 Å². The van der Waals surface area contributed by atoms with Crippen molar-refractivity contribution in [3.05, 3.63) is 151 Å². The molecule has 0 saturated heterocycles. The molecule has 0 unspecified atom stereocenters. The zero-order valence-corrected chi connectivity index (χ0v) is 29.4. The van der Waals surface area contributed by atoms with Crippen molar-refractivity contribution >= 4 is 32.2 Å². The quantitative estimate of drug-likeness (QED) is 0.210. The number of pyridine rings is 2. The van der Waals surface area contributed by atoms with Crippen LogP contribution in [0.2, 0.25) is 6.55 Å². The van der Waals surface area contributed by atoms with E-state index in [2.05, 4.69) is 133 Å². The molecule has 0 aliphatic carbocycles. The Labute approximate surface area is 282 Å². The van der Waals surface area contributed by atoms with E-state index in [-0.39, 0.29) is 30.2 Å². The van der Waals surface area contributed by atoms with Gasteiger partial charge in [-0.15, -0.1) is 69.1 Å². The molecule has 0 atom stereocenters. The van der Waals surface area contributed by atoms with Crippen molar-refractivity contribution in [1.29, 1.82) is 0 Å². The maximum absolute atomic E-state index is 4.41. The molecule has 7 aromatic rings. The van der Waals surface area contributed by atoms with Gasteiger partial charge in [-0.3, -0.25) is 9.97 Å². The summed E-state index contributed by atoms with van der Waals surface area (Å²) < 4.78 is 0. The maximum Gasteiger partial charge on any atom is 0.0607 e. The number of nitrogens with zero attached hydrogens (tertiary/aromatic N) is 2. The van der Waals surface area contributed by atoms with Gasteiger partial charge in [0.15, 0.2) is 0 Å². The van der Waals surface area contributed by atoms with Crippen molar-refractivity contribution < 1.29 is 48.1 Å². The molecule has 2 heterocycles. The Morgan fingerprint density at radius 1 is 0.558 bits per heavy atom. The standard InChI is InChI=1S/2C15H12N.C7H8Si.2ClH.Zr/c2*1-11-9-12-5-4-6-13(14(12)10-11)15-7-2-3-8-16-15;1-8-7-5-3-2-4-6-7;;;/h2*2-10H,1H3;2-6H,1H3;2*1H;/q2*-1;;;;+2/p-2. The third kappa shape index (κ3) is 8.94. The summed E-state index contributed by atoms with van der Waals surface area (Å²) in [6.45, 7) is 6.60. The molecular weight excluding hydrogens is 663 g/mol. The van der Waals surface area contributed by atoms with E-state index in [0.29, 0.717) is 0 Å². The molecule has 0 saturated carbocycles. The molecule has 0 radical (unpaired) electrons. The van der Waals surface area contributed by atoms with Crippen LogP contribution in [0.15, 0.2) is 140 Å². The predicted octanol–water partition coefficient (Wildman–Crippen LogP) is 2.93. The van der Waals surface area contributed by atoms with Crippen LogP contribution in [0.1, 0.15) is 11.1 Å². The van der Waals surface area contributed by atoms with Crippen molar-refractivity contribution in [1.82, 2.24) is 9.97 Å². The first-order valence-corrected chi connectivity index (χ1v) is 19.4. The molecule has 43 heavy (non-hydrogen) atoms. The molecule has 2 nitrogen and oxygen atoms in total. The second-order valence-corrected chi connectivity index (χ2v) is 17.5. The molecule has 0 amide bonds. The van der Waals surface area contributed by atoms with Crippen LogP contribution in [-0.2, 0) is 23.3 Å². The van der Waals surface area contributed by atoms with E-state index in [9.17, 15) is 0 Å². The Kier molecular flexibility index (Phi) is 13.3. The number of hydrogen-bond acceptors (Lipinski definition) is 2. The molecular formula is C37H32Cl2N2SiZr-2. The van der Waals surface area contributed by atoms with Crippen molar-refractivity contribution in [3.8, 4) is 22.5 Å². The first-order valence-electron chi connectivity index (χ1n) is 13.7. The molecule has 0 spiro atoms. The zero-order valence-electron chi connectivity index (χ0n) is 24.4. The fourth-order valence-corrected chi connectivity index (χ4v) is 6.87. The van der Waals surface area contributed by atoms with E-state index in [1.54, 1.807) is 28.5 Å². The summed E-state index contributed by atoms with van der Waals surface area (Å²) in [7, 11) is 0. The number of fused-ring (bicyclic) bond motifs is 2. The molecule has 7 rings (SSSR count). The Hall–Kier alpha value is -3.14. The number of hydrogen-bond donors (Lipinski definition) is 0. The van der Waals surface area contributed by atoms with E-state index < -0.39 is 0 Å². The fraction of sp³-hybridized carbons (Fsp3) is 0.0811. The zero-order chi connectivity index (χ0) is 28.6. The molecule has 0 bridgehead atoms. The molecule has 5 aromatic carbocycles. The second-order valence-electron chi connectivity index (χ2n) is 10.1. The third-order valence-electron chi connectivity index (χ3n) is 6.88. The summed E-state index contributed by atoms with van der Waals surface area (Å²) in [5, 5.41) is 6.72. The van der Waals surface area contributed by atoms with Gasteiger partial charge < -0.3 is 24.8 Å². The van der Waals surface area contributed by atoms with Gasteiger partial charge in [-0.1, -0.05) is 38.1 Å². The van der Waals surface area contributed by atoms with Gasteiger partial charge in [-0.2, -0.15) is 12.1 Å². The van der Waals surface area contributed by atoms with Crippen LogP contribution in [0, 0.1) is 13.8 Å². The minimum atomic E-state index is -0.122. The third-order valence-corrected chi connectivity index (χ3v) is 10.2. The minimum Gasteiger partial charge on any atom is -1.00 e. The Balaban J connectivity index is 0.000000180. The van der Waals surface area contributed by atoms with Crippen LogP contribution < -0.4 is 30.0 Å². The molecule has 0 fully saturated rings. The number of benzene rings is 3. The topological polar surface area (TPSA) is 25.8 Å². The van der Waals surface area contributed by atoms with Crippen LogP contribution in [0.25, 0.3) is 44.1 Å². The van der Waals surface area contributed by atoms with E-state index in [0.717, 1.165) is 11.4 Å². The Bertz CT molecular complexity index is 1770. The van der Waals surface area contributed by atoms with Gasteiger partial charge in [0.05, 0.1) is 11.4 Å². The van der Waals surface area contributed by atoms with Gasteiger partial charge in [0.2, 0.25) is 0 Å². The van der Waals surface area contributed by atoms with Gasteiger partial charge in [0.25, 0.3) is 0 Å². The van der Waals surface area contributed by atoms with Gasteiger partial charge in [0, 0.05) is 12.4 Å². The molecule has 0 N–H and O–H groups in total. The van der Waals surface area contributed by atoms with Gasteiger partial charge in [-0.05, 0) is 35.4 Å². The van der Waals surface area contributed by atoms with Gasteiger partial charge >= 0.3 is 70.8 Å². The average Bonchev–Trinajstić information content (AvgIpc) is 3.59. The van der Waals surface area contributed by atoms with Gasteiger partial charge in [0.1, 0.15) is 0 Å². The summed E-state index contributed by atoms with van der Waals surface area (Å²) in [5.41, 5.74) is 6.99. The van der Waals surface area contributed by atoms with Crippen LogP contribution >= 0.6 is 0 Å². The smallest absolute Gasteiger partial charge is 0.0607 e. The summed E-state index contributed by atoms with van der Waals surface area (Å²) in [5.74, 6) is 0. The second kappa shape index (κ2) is 16.6. The molecule has 0 aliphatic heterocycles. The molecule has 6 heteroatoms.